The largest absolute Gasteiger partial charge is 0.310 e. The molecule has 0 aliphatic heterocycles. The highest BCUT2D eigenvalue weighted by Crippen LogP contribution is 2.21. The molecule has 0 bridgehead atoms. The number of nitrogens with one attached hydrogen (secondary N) is 1. The lowest BCUT2D eigenvalue weighted by Crippen LogP contribution is -2.21. The number of rotatable bonds is 6. The zero-order valence-electron chi connectivity index (χ0n) is 10.5. The van der Waals surface area contributed by atoms with E-state index in [1.54, 1.807) is 12.1 Å². The van der Waals surface area contributed by atoms with Gasteiger partial charge >= 0.3 is 0 Å². The van der Waals surface area contributed by atoms with Crippen molar-refractivity contribution in [2.24, 2.45) is 5.92 Å². The molecule has 1 atom stereocenters. The first kappa shape index (κ1) is 13.2. The molecule has 0 fully saturated rings. The van der Waals surface area contributed by atoms with E-state index in [1.165, 1.54) is 6.07 Å². The van der Waals surface area contributed by atoms with Gasteiger partial charge in [-0.1, -0.05) is 32.9 Å². The highest BCUT2D eigenvalue weighted by atomic mass is 19.1. The molecule has 0 spiro atoms. The third-order valence-electron chi connectivity index (χ3n) is 2.73. The van der Waals surface area contributed by atoms with Crippen LogP contribution in [-0.4, -0.2) is 6.54 Å². The van der Waals surface area contributed by atoms with Crippen molar-refractivity contribution in [3.63, 3.8) is 0 Å². The molecule has 2 heteroatoms. The van der Waals surface area contributed by atoms with Crippen LogP contribution in [0.15, 0.2) is 24.3 Å². The summed E-state index contributed by atoms with van der Waals surface area (Å²) >= 11 is 0. The highest BCUT2D eigenvalue weighted by Gasteiger charge is 2.11. The maximum Gasteiger partial charge on any atom is 0.123 e. The topological polar surface area (TPSA) is 12.0 Å². The molecule has 0 heterocycles. The Kier molecular flexibility index (Phi) is 5.47. The van der Waals surface area contributed by atoms with E-state index in [2.05, 4.69) is 26.1 Å². The molecule has 1 nitrogen and oxygen atoms in total. The monoisotopic (exact) mass is 223 g/mol. The van der Waals surface area contributed by atoms with Crippen LogP contribution >= 0.6 is 0 Å². The van der Waals surface area contributed by atoms with Gasteiger partial charge in [-0.05, 0) is 43.0 Å². The van der Waals surface area contributed by atoms with Crippen molar-refractivity contribution in [2.45, 2.75) is 39.7 Å². The van der Waals surface area contributed by atoms with Gasteiger partial charge in [-0.3, -0.25) is 0 Å². The van der Waals surface area contributed by atoms with Crippen LogP contribution < -0.4 is 5.32 Å². The van der Waals surface area contributed by atoms with E-state index >= 15 is 0 Å². The average Bonchev–Trinajstić information content (AvgIpc) is 2.24. The van der Waals surface area contributed by atoms with Gasteiger partial charge in [0.1, 0.15) is 5.82 Å². The third-order valence-corrected chi connectivity index (χ3v) is 2.73. The zero-order chi connectivity index (χ0) is 12.0. The van der Waals surface area contributed by atoms with E-state index < -0.39 is 0 Å². The van der Waals surface area contributed by atoms with Gasteiger partial charge in [0.2, 0.25) is 0 Å². The summed E-state index contributed by atoms with van der Waals surface area (Å²) in [6.45, 7) is 7.43. The van der Waals surface area contributed by atoms with Crippen LogP contribution in [0.25, 0.3) is 0 Å². The van der Waals surface area contributed by atoms with Gasteiger partial charge < -0.3 is 5.32 Å². The van der Waals surface area contributed by atoms with E-state index in [1.807, 2.05) is 6.07 Å². The van der Waals surface area contributed by atoms with Gasteiger partial charge in [-0.25, -0.2) is 4.39 Å². The van der Waals surface area contributed by atoms with Gasteiger partial charge in [-0.15, -0.1) is 0 Å². The van der Waals surface area contributed by atoms with E-state index in [0.29, 0.717) is 5.92 Å². The standard InChI is InChI=1S/C14H22FN/c1-4-16-14(9-8-11(2)3)12-6-5-7-13(15)10-12/h5-7,10-11,14,16H,4,8-9H2,1-3H3. The van der Waals surface area contributed by atoms with Crippen molar-refractivity contribution in [3.05, 3.63) is 35.6 Å². The minimum Gasteiger partial charge on any atom is -0.310 e. The van der Waals surface area contributed by atoms with Crippen molar-refractivity contribution in [1.82, 2.24) is 5.32 Å². The summed E-state index contributed by atoms with van der Waals surface area (Å²) in [7, 11) is 0. The van der Waals surface area contributed by atoms with Crippen molar-refractivity contribution in [3.8, 4) is 0 Å². The zero-order valence-corrected chi connectivity index (χ0v) is 10.5. The predicted octanol–water partition coefficient (Wildman–Crippen LogP) is 3.91. The summed E-state index contributed by atoms with van der Waals surface area (Å²) in [4.78, 5) is 0. The normalized spacial score (nSPS) is 13.1. The second kappa shape index (κ2) is 6.64. The molecule has 0 aliphatic rings. The minimum absolute atomic E-state index is 0.148. The Morgan fingerprint density at radius 3 is 2.56 bits per heavy atom. The summed E-state index contributed by atoms with van der Waals surface area (Å²) in [5, 5.41) is 3.41. The molecule has 1 unspecified atom stereocenters. The Balaban J connectivity index is 2.68. The highest BCUT2D eigenvalue weighted by molar-refractivity contribution is 5.20. The Morgan fingerprint density at radius 2 is 2.00 bits per heavy atom. The van der Waals surface area contributed by atoms with Crippen LogP contribution in [0.2, 0.25) is 0 Å². The molecule has 0 saturated heterocycles. The molecule has 0 amide bonds. The second-order valence-corrected chi connectivity index (χ2v) is 4.64. The maximum absolute atomic E-state index is 13.1. The minimum atomic E-state index is -0.148. The maximum atomic E-state index is 13.1. The van der Waals surface area contributed by atoms with Crippen LogP contribution in [0.4, 0.5) is 4.39 Å². The molecule has 0 saturated carbocycles. The summed E-state index contributed by atoms with van der Waals surface area (Å²) in [6.07, 6.45) is 2.23. The first-order valence-electron chi connectivity index (χ1n) is 6.12. The number of hydrogen-bond donors (Lipinski definition) is 1. The van der Waals surface area contributed by atoms with E-state index in [-0.39, 0.29) is 11.9 Å². The Morgan fingerprint density at radius 1 is 1.25 bits per heavy atom. The summed E-state index contributed by atoms with van der Waals surface area (Å²) in [5.74, 6) is 0.541. The van der Waals surface area contributed by atoms with Gasteiger partial charge in [0.25, 0.3) is 0 Å². The Bertz CT molecular complexity index is 309. The van der Waals surface area contributed by atoms with Crippen molar-refractivity contribution in [1.29, 1.82) is 0 Å². The molecular formula is C14H22FN. The van der Waals surface area contributed by atoms with Gasteiger partial charge in [0.05, 0.1) is 0 Å². The van der Waals surface area contributed by atoms with Gasteiger partial charge in [-0.2, -0.15) is 0 Å². The smallest absolute Gasteiger partial charge is 0.123 e. The first-order chi connectivity index (χ1) is 7.63. The number of benzene rings is 1. The van der Waals surface area contributed by atoms with Gasteiger partial charge in [0, 0.05) is 6.04 Å². The van der Waals surface area contributed by atoms with E-state index in [0.717, 1.165) is 24.9 Å². The lowest BCUT2D eigenvalue weighted by molar-refractivity contribution is 0.447. The molecule has 1 N–H and O–H groups in total. The van der Waals surface area contributed by atoms with Crippen molar-refractivity contribution < 1.29 is 4.39 Å². The molecule has 90 valence electrons. The van der Waals surface area contributed by atoms with Crippen LogP contribution in [-0.2, 0) is 0 Å². The Hall–Kier alpha value is -0.890. The molecule has 1 aromatic carbocycles. The predicted molar refractivity (Wildman–Crippen MR) is 66.9 cm³/mol. The fraction of sp³-hybridized carbons (Fsp3) is 0.571. The average molecular weight is 223 g/mol. The fourth-order valence-corrected chi connectivity index (χ4v) is 1.86. The quantitative estimate of drug-likeness (QED) is 0.771. The first-order valence-corrected chi connectivity index (χ1v) is 6.12. The Labute approximate surface area is 98.1 Å². The van der Waals surface area contributed by atoms with Crippen LogP contribution in [0.1, 0.15) is 45.2 Å². The van der Waals surface area contributed by atoms with Crippen molar-refractivity contribution in [2.75, 3.05) is 6.54 Å². The van der Waals surface area contributed by atoms with Crippen molar-refractivity contribution >= 4 is 0 Å². The second-order valence-electron chi connectivity index (χ2n) is 4.64. The summed E-state index contributed by atoms with van der Waals surface area (Å²) < 4.78 is 13.1. The molecule has 0 aliphatic carbocycles. The fourth-order valence-electron chi connectivity index (χ4n) is 1.86. The van der Waals surface area contributed by atoms with E-state index in [9.17, 15) is 4.39 Å². The molecule has 0 aromatic heterocycles. The SMILES string of the molecule is CCNC(CCC(C)C)c1cccc(F)c1. The lowest BCUT2D eigenvalue weighted by Gasteiger charge is -2.19. The number of halogens is 1. The third kappa shape index (κ3) is 4.31. The molecule has 1 rings (SSSR count). The lowest BCUT2D eigenvalue weighted by atomic mass is 9.97. The molecule has 1 aromatic rings. The molecule has 16 heavy (non-hydrogen) atoms. The molecular weight excluding hydrogens is 201 g/mol. The number of hydrogen-bond acceptors (Lipinski definition) is 1. The summed E-state index contributed by atoms with van der Waals surface area (Å²) in [5.41, 5.74) is 1.06. The summed E-state index contributed by atoms with van der Waals surface area (Å²) in [6, 6.07) is 7.19. The van der Waals surface area contributed by atoms with E-state index in [4.69, 9.17) is 0 Å². The van der Waals surface area contributed by atoms with Gasteiger partial charge in [0.15, 0.2) is 0 Å². The van der Waals surface area contributed by atoms with Crippen LogP contribution in [0.5, 0.6) is 0 Å². The molecule has 0 radical (unpaired) electrons. The van der Waals surface area contributed by atoms with Crippen LogP contribution in [0, 0.1) is 11.7 Å². The van der Waals surface area contributed by atoms with Crippen LogP contribution in [0.3, 0.4) is 0 Å².